The maximum absolute atomic E-state index is 16.3. The van der Waals surface area contributed by atoms with Crippen LogP contribution in [0.1, 0.15) is 41.7 Å². The van der Waals surface area contributed by atoms with Crippen molar-refractivity contribution in [2.75, 3.05) is 77.3 Å². The average Bonchev–Trinajstić information content (AvgIpc) is 3.96. The normalized spacial score (nSPS) is 16.8. The molecule has 326 valence electrons. The molecule has 3 aromatic carbocycles. The molecule has 0 spiro atoms. The third-order valence-corrected chi connectivity index (χ3v) is 10.9. The molecule has 3 aliphatic heterocycles. The number of rotatable bonds is 11. The van der Waals surface area contributed by atoms with E-state index in [1.165, 1.54) is 31.4 Å². The van der Waals surface area contributed by atoms with Crippen LogP contribution in [0.15, 0.2) is 67.0 Å². The second kappa shape index (κ2) is 19.0. The summed E-state index contributed by atoms with van der Waals surface area (Å²) in [5, 5.41) is 6.72. The van der Waals surface area contributed by atoms with Crippen LogP contribution in [0.4, 0.5) is 24.5 Å². The Morgan fingerprint density at radius 1 is 0.935 bits per heavy atom. The molecule has 62 heavy (non-hydrogen) atoms. The van der Waals surface area contributed by atoms with Gasteiger partial charge in [0, 0.05) is 112 Å². The molecule has 3 amide bonds. The van der Waals surface area contributed by atoms with Gasteiger partial charge in [-0.15, -0.1) is 0 Å². The standard InChI is InChI=1S/C42H40F3N7O6.C3H9N/c1-57-36-22-34(33(44)21-37(36)58-35-7-8-38(54)48-42(35)56)50-16-14-49(15-17-50)27-5-6-28(32(43)19-27)30-20-29(40(45)41-31(30)18-26(24-53)47-41)25-4-2-11-51(23-25)39(55)9-13-52-12-3-10-46-52;1-4(2)3/h3-6,10,12,18-22,24,35,47H,2,7-9,11,13-17,23H2,1H3,(H,48,54,56);1-3H3. The molecule has 17 heteroatoms. The van der Waals surface area contributed by atoms with Crippen molar-refractivity contribution in [1.82, 2.24) is 29.9 Å². The molecule has 2 fully saturated rings. The molecule has 3 aliphatic rings. The number of carbonyl (C=O) groups is 4. The molecule has 1 unspecified atom stereocenters. The highest BCUT2D eigenvalue weighted by atomic mass is 19.1. The summed E-state index contributed by atoms with van der Waals surface area (Å²) in [7, 11) is 7.41. The number of nitrogens with zero attached hydrogens (tertiary/aromatic N) is 6. The molecule has 14 nitrogen and oxygen atoms in total. The van der Waals surface area contributed by atoms with Crippen molar-refractivity contribution in [3.05, 3.63) is 95.7 Å². The van der Waals surface area contributed by atoms with Gasteiger partial charge in [-0.05, 0) is 75.1 Å². The molecule has 0 saturated carbocycles. The van der Waals surface area contributed by atoms with Crippen molar-refractivity contribution in [3.8, 4) is 22.6 Å². The zero-order valence-corrected chi connectivity index (χ0v) is 35.1. The lowest BCUT2D eigenvalue weighted by Gasteiger charge is -2.37. The number of anilines is 2. The summed E-state index contributed by atoms with van der Waals surface area (Å²) in [6, 6.07) is 12.4. The third kappa shape index (κ3) is 9.62. The molecule has 5 heterocycles. The number of benzene rings is 3. The summed E-state index contributed by atoms with van der Waals surface area (Å²) >= 11 is 0. The maximum atomic E-state index is 16.3. The van der Waals surface area contributed by atoms with E-state index in [9.17, 15) is 19.2 Å². The highest BCUT2D eigenvalue weighted by molar-refractivity contribution is 6.02. The maximum Gasteiger partial charge on any atom is 0.267 e. The number of hydrogen-bond donors (Lipinski definition) is 2. The van der Waals surface area contributed by atoms with Crippen molar-refractivity contribution in [3.63, 3.8) is 0 Å². The van der Waals surface area contributed by atoms with Gasteiger partial charge in [-0.1, -0.05) is 6.08 Å². The Morgan fingerprint density at radius 3 is 2.37 bits per heavy atom. The number of hydrogen-bond acceptors (Lipinski definition) is 10. The molecule has 1 atom stereocenters. The minimum absolute atomic E-state index is 0.0462. The van der Waals surface area contributed by atoms with Crippen LogP contribution in [-0.4, -0.2) is 122 Å². The number of ether oxygens (including phenoxy) is 2. The Bertz CT molecular complexity index is 2490. The zero-order valence-electron chi connectivity index (χ0n) is 35.1. The van der Waals surface area contributed by atoms with Crippen molar-refractivity contribution in [1.29, 1.82) is 0 Å². The summed E-state index contributed by atoms with van der Waals surface area (Å²) in [5.74, 6) is -2.52. The Labute approximate surface area is 356 Å². The van der Waals surface area contributed by atoms with Crippen molar-refractivity contribution in [2.45, 2.75) is 38.3 Å². The van der Waals surface area contributed by atoms with Crippen LogP contribution in [0.5, 0.6) is 11.5 Å². The number of amides is 3. The molecule has 0 radical (unpaired) electrons. The zero-order chi connectivity index (χ0) is 44.1. The highest BCUT2D eigenvalue weighted by Crippen LogP contribution is 2.40. The number of piperazine rings is 1. The summed E-state index contributed by atoms with van der Waals surface area (Å²) in [4.78, 5) is 59.0. The number of aromatic nitrogens is 3. The summed E-state index contributed by atoms with van der Waals surface area (Å²) < 4.78 is 61.0. The highest BCUT2D eigenvalue weighted by Gasteiger charge is 2.31. The lowest BCUT2D eigenvalue weighted by atomic mass is 9.92. The third-order valence-electron chi connectivity index (χ3n) is 10.9. The Kier molecular flexibility index (Phi) is 13.3. The number of methoxy groups -OCH3 is 1. The molecule has 0 bridgehead atoms. The topological polar surface area (TPSA) is 145 Å². The number of piperidine rings is 1. The van der Waals surface area contributed by atoms with E-state index in [0.717, 1.165) is 0 Å². The predicted molar refractivity (Wildman–Crippen MR) is 229 cm³/mol. The first-order valence-electron chi connectivity index (χ1n) is 20.4. The lowest BCUT2D eigenvalue weighted by molar-refractivity contribution is -0.139. The van der Waals surface area contributed by atoms with Gasteiger partial charge in [-0.3, -0.25) is 29.2 Å². The van der Waals surface area contributed by atoms with Crippen LogP contribution in [-0.2, 0) is 20.9 Å². The molecule has 2 aromatic heterocycles. The fourth-order valence-electron chi connectivity index (χ4n) is 7.84. The van der Waals surface area contributed by atoms with E-state index in [1.54, 1.807) is 46.2 Å². The largest absolute Gasteiger partial charge is 0.493 e. The fourth-order valence-corrected chi connectivity index (χ4v) is 7.84. The fraction of sp³-hybridized carbons (Fsp3) is 0.356. The Hall–Kier alpha value is -6.62. The molecule has 8 rings (SSSR count). The molecule has 5 aromatic rings. The first-order chi connectivity index (χ1) is 29.8. The summed E-state index contributed by atoms with van der Waals surface area (Å²) in [6.07, 6.45) is 5.96. The molecule has 2 saturated heterocycles. The first kappa shape index (κ1) is 43.5. The monoisotopic (exact) mass is 854 g/mol. The van der Waals surface area contributed by atoms with Gasteiger partial charge in [-0.2, -0.15) is 5.10 Å². The van der Waals surface area contributed by atoms with E-state index in [2.05, 4.69) is 15.4 Å². The number of nitrogens with one attached hydrogen (secondary N) is 2. The van der Waals surface area contributed by atoms with E-state index in [0.29, 0.717) is 74.2 Å². The van der Waals surface area contributed by atoms with E-state index in [1.807, 2.05) is 41.9 Å². The summed E-state index contributed by atoms with van der Waals surface area (Å²) in [5.41, 5.74) is 2.49. The van der Waals surface area contributed by atoms with E-state index in [-0.39, 0.29) is 77.1 Å². The lowest BCUT2D eigenvalue weighted by Crippen LogP contribution is -2.47. The van der Waals surface area contributed by atoms with Crippen LogP contribution in [0.25, 0.3) is 27.6 Å². The van der Waals surface area contributed by atoms with Crippen LogP contribution in [0.2, 0.25) is 0 Å². The number of aryl methyl sites for hydroxylation is 1. The van der Waals surface area contributed by atoms with Gasteiger partial charge in [0.1, 0.15) is 11.6 Å². The minimum Gasteiger partial charge on any atom is -0.493 e. The van der Waals surface area contributed by atoms with E-state index in [4.69, 9.17) is 9.47 Å². The number of imide groups is 1. The second-order valence-electron chi connectivity index (χ2n) is 15.8. The molecule has 2 N–H and O–H groups in total. The summed E-state index contributed by atoms with van der Waals surface area (Å²) in [6.45, 7) is 2.74. The van der Waals surface area contributed by atoms with Crippen molar-refractivity contribution in [2.24, 2.45) is 0 Å². The second-order valence-corrected chi connectivity index (χ2v) is 15.8. The SMILES string of the molecule is CN(C)C.COc1cc(N2CCN(c3ccc(-c4cc(C5=CCCN(C(=O)CCn6cccn6)C5)c(F)c5[nH]c(C=O)cc45)c(F)c3)CC2)c(F)cc1OC1CCC(=O)NC1=O. The quantitative estimate of drug-likeness (QED) is 0.126. The number of halogens is 3. The molecule has 0 aliphatic carbocycles. The predicted octanol–water partition coefficient (Wildman–Crippen LogP) is 5.66. The minimum atomic E-state index is -0.957. The van der Waals surface area contributed by atoms with Gasteiger partial charge in [-0.25, -0.2) is 13.2 Å². The number of fused-ring (bicyclic) bond motifs is 1. The Morgan fingerprint density at radius 2 is 1.69 bits per heavy atom. The first-order valence-corrected chi connectivity index (χ1v) is 20.4. The number of H-pyrrole nitrogens is 1. The Balaban J connectivity index is 0.00000139. The van der Waals surface area contributed by atoms with Gasteiger partial charge < -0.3 is 34.1 Å². The van der Waals surface area contributed by atoms with E-state index < -0.39 is 29.5 Å². The van der Waals surface area contributed by atoms with E-state index >= 15 is 13.2 Å². The smallest absolute Gasteiger partial charge is 0.267 e. The van der Waals surface area contributed by atoms with Crippen molar-refractivity contribution < 1.29 is 41.8 Å². The van der Waals surface area contributed by atoms with Gasteiger partial charge in [0.05, 0.1) is 24.0 Å². The van der Waals surface area contributed by atoms with Crippen molar-refractivity contribution >= 4 is 51.9 Å². The molecular weight excluding hydrogens is 806 g/mol. The van der Waals surface area contributed by atoms with Gasteiger partial charge in [0.2, 0.25) is 11.8 Å². The number of aromatic amines is 1. The van der Waals surface area contributed by atoms with Crippen LogP contribution < -0.4 is 24.6 Å². The van der Waals surface area contributed by atoms with Gasteiger partial charge in [0.25, 0.3) is 5.91 Å². The van der Waals surface area contributed by atoms with Crippen LogP contribution in [0, 0.1) is 17.5 Å². The number of carbonyl (C=O) groups excluding carboxylic acids is 4. The van der Waals surface area contributed by atoms with Gasteiger partial charge >= 0.3 is 0 Å². The van der Waals surface area contributed by atoms with Gasteiger partial charge in [0.15, 0.2) is 29.7 Å². The number of aldehydes is 1. The molecular formula is C45H49F3N8O6. The average molecular weight is 855 g/mol. The van der Waals surface area contributed by atoms with Crippen LogP contribution >= 0.6 is 0 Å². The van der Waals surface area contributed by atoms with Crippen LogP contribution in [0.3, 0.4) is 0 Å².